The van der Waals surface area contributed by atoms with Gasteiger partial charge in [0.1, 0.15) is 0 Å². The van der Waals surface area contributed by atoms with Gasteiger partial charge in [-0.05, 0) is 51.1 Å². The van der Waals surface area contributed by atoms with E-state index in [2.05, 4.69) is 25.7 Å². The first-order chi connectivity index (χ1) is 12.1. The van der Waals surface area contributed by atoms with Crippen molar-refractivity contribution in [1.29, 1.82) is 0 Å². The summed E-state index contributed by atoms with van der Waals surface area (Å²) in [7, 11) is 1.32. The Hall–Kier alpha value is -2.45. The Kier molecular flexibility index (Phi) is 6.70. The van der Waals surface area contributed by atoms with E-state index < -0.39 is 5.97 Å². The molecule has 1 aliphatic heterocycles. The van der Waals surface area contributed by atoms with Crippen LogP contribution in [-0.4, -0.2) is 47.1 Å². The molecule has 0 atom stereocenters. The summed E-state index contributed by atoms with van der Waals surface area (Å²) in [5.41, 5.74) is 1.91. The van der Waals surface area contributed by atoms with Crippen molar-refractivity contribution in [2.75, 3.05) is 25.5 Å². The number of aromatic nitrogens is 3. The zero-order valence-electron chi connectivity index (χ0n) is 14.7. The molecule has 2 N–H and O–H groups in total. The quantitative estimate of drug-likeness (QED) is 0.788. The molecule has 1 amide bonds. The molecular weight excluding hydrogens is 358 g/mol. The van der Waals surface area contributed by atoms with Crippen LogP contribution >= 0.6 is 12.4 Å². The Labute approximate surface area is 157 Å². The Balaban J connectivity index is 0.00000243. The largest absolute Gasteiger partial charge is 0.465 e. The van der Waals surface area contributed by atoms with E-state index in [0.29, 0.717) is 16.9 Å². The van der Waals surface area contributed by atoms with Crippen LogP contribution in [0.1, 0.15) is 45.4 Å². The number of benzene rings is 1. The summed E-state index contributed by atoms with van der Waals surface area (Å²) in [6, 6.07) is 6.84. The molecule has 26 heavy (non-hydrogen) atoms. The monoisotopic (exact) mass is 379 g/mol. The number of anilines is 1. The van der Waals surface area contributed by atoms with E-state index in [1.54, 1.807) is 24.3 Å². The third kappa shape index (κ3) is 4.20. The van der Waals surface area contributed by atoms with Crippen molar-refractivity contribution in [3.63, 3.8) is 0 Å². The van der Waals surface area contributed by atoms with Crippen LogP contribution in [-0.2, 0) is 4.74 Å². The predicted octanol–water partition coefficient (Wildman–Crippen LogP) is 1.97. The highest BCUT2D eigenvalue weighted by Gasteiger charge is 2.23. The number of esters is 1. The molecule has 2 heterocycles. The minimum atomic E-state index is -0.455. The van der Waals surface area contributed by atoms with Gasteiger partial charge in [0.05, 0.1) is 24.4 Å². The molecule has 9 heteroatoms. The zero-order valence-corrected chi connectivity index (χ0v) is 15.5. The molecule has 1 aliphatic rings. The molecule has 1 saturated heterocycles. The second-order valence-electron chi connectivity index (χ2n) is 5.98. The van der Waals surface area contributed by atoms with Crippen LogP contribution in [0, 0.1) is 6.92 Å². The van der Waals surface area contributed by atoms with Gasteiger partial charge in [0, 0.05) is 5.69 Å². The van der Waals surface area contributed by atoms with Gasteiger partial charge in [0.2, 0.25) is 0 Å². The molecule has 0 aliphatic carbocycles. The van der Waals surface area contributed by atoms with Crippen LogP contribution < -0.4 is 10.6 Å². The van der Waals surface area contributed by atoms with Crippen molar-refractivity contribution >= 4 is 30.0 Å². The average molecular weight is 380 g/mol. The van der Waals surface area contributed by atoms with Crippen molar-refractivity contribution in [1.82, 2.24) is 20.3 Å². The third-order valence-electron chi connectivity index (χ3n) is 4.34. The van der Waals surface area contributed by atoms with E-state index in [1.165, 1.54) is 7.11 Å². The SMILES string of the molecule is COC(=O)c1cccc(NC(=O)c2nnn(C3CCNCC3)c2C)c1.Cl. The average Bonchev–Trinajstić information content (AvgIpc) is 3.03. The van der Waals surface area contributed by atoms with E-state index >= 15 is 0 Å². The number of carbonyl (C=O) groups is 2. The second kappa shape index (κ2) is 8.77. The third-order valence-corrected chi connectivity index (χ3v) is 4.34. The summed E-state index contributed by atoms with van der Waals surface area (Å²) < 4.78 is 6.52. The molecule has 0 radical (unpaired) electrons. The first-order valence-corrected chi connectivity index (χ1v) is 8.22. The van der Waals surface area contributed by atoms with Gasteiger partial charge in [0.25, 0.3) is 5.91 Å². The molecule has 0 bridgehead atoms. The molecule has 1 aromatic heterocycles. The van der Waals surface area contributed by atoms with Crippen LogP contribution in [0.4, 0.5) is 5.69 Å². The molecule has 0 saturated carbocycles. The Morgan fingerprint density at radius 2 is 2.04 bits per heavy atom. The first-order valence-electron chi connectivity index (χ1n) is 8.22. The minimum absolute atomic E-state index is 0. The smallest absolute Gasteiger partial charge is 0.337 e. The molecule has 0 unspecified atom stereocenters. The van der Waals surface area contributed by atoms with E-state index in [0.717, 1.165) is 31.6 Å². The summed E-state index contributed by atoms with van der Waals surface area (Å²) in [5, 5.41) is 14.3. The van der Waals surface area contributed by atoms with Crippen molar-refractivity contribution in [2.45, 2.75) is 25.8 Å². The second-order valence-corrected chi connectivity index (χ2v) is 5.98. The highest BCUT2D eigenvalue weighted by Crippen LogP contribution is 2.21. The Bertz CT molecular complexity index is 786. The van der Waals surface area contributed by atoms with Gasteiger partial charge in [-0.25, -0.2) is 9.48 Å². The standard InChI is InChI=1S/C17H21N5O3.ClH/c1-11-15(20-21-22(11)14-6-8-18-9-7-14)16(23)19-13-5-3-4-12(10-13)17(24)25-2;/h3-5,10,14,18H,6-9H2,1-2H3,(H,19,23);1H. The molecule has 140 valence electrons. The number of nitrogens with one attached hydrogen (secondary N) is 2. The number of rotatable bonds is 4. The Morgan fingerprint density at radius 3 is 2.73 bits per heavy atom. The number of methoxy groups -OCH3 is 1. The van der Waals surface area contributed by atoms with E-state index in [-0.39, 0.29) is 24.4 Å². The maximum atomic E-state index is 12.5. The van der Waals surface area contributed by atoms with Gasteiger partial charge < -0.3 is 15.4 Å². The summed E-state index contributed by atoms with van der Waals surface area (Å²) in [4.78, 5) is 24.1. The molecule has 1 aromatic carbocycles. The van der Waals surface area contributed by atoms with Gasteiger partial charge in [-0.3, -0.25) is 4.79 Å². The Morgan fingerprint density at radius 1 is 1.31 bits per heavy atom. The first kappa shape index (κ1) is 19.9. The number of halogens is 1. The summed E-state index contributed by atoms with van der Waals surface area (Å²) in [5.74, 6) is -0.802. The van der Waals surface area contributed by atoms with Crippen molar-refractivity contribution in [2.24, 2.45) is 0 Å². The molecule has 0 spiro atoms. The van der Waals surface area contributed by atoms with Gasteiger partial charge in [-0.15, -0.1) is 17.5 Å². The molecule has 2 aromatic rings. The molecular formula is C17H22ClN5O3. The number of nitrogens with zero attached hydrogens (tertiary/aromatic N) is 3. The lowest BCUT2D eigenvalue weighted by atomic mass is 10.1. The number of piperidine rings is 1. The number of ether oxygens (including phenoxy) is 1. The van der Waals surface area contributed by atoms with E-state index in [1.807, 2.05) is 11.6 Å². The van der Waals surface area contributed by atoms with Gasteiger partial charge in [-0.2, -0.15) is 0 Å². The van der Waals surface area contributed by atoms with Crippen LogP contribution in [0.15, 0.2) is 24.3 Å². The maximum Gasteiger partial charge on any atom is 0.337 e. The van der Waals surface area contributed by atoms with Gasteiger partial charge >= 0.3 is 5.97 Å². The maximum absolute atomic E-state index is 12.5. The minimum Gasteiger partial charge on any atom is -0.465 e. The predicted molar refractivity (Wildman–Crippen MR) is 98.9 cm³/mol. The van der Waals surface area contributed by atoms with E-state index in [4.69, 9.17) is 0 Å². The molecule has 1 fully saturated rings. The van der Waals surface area contributed by atoms with Crippen molar-refractivity contribution < 1.29 is 14.3 Å². The number of hydrogen-bond donors (Lipinski definition) is 2. The zero-order chi connectivity index (χ0) is 17.8. The fourth-order valence-electron chi connectivity index (χ4n) is 2.98. The van der Waals surface area contributed by atoms with Crippen LogP contribution in [0.2, 0.25) is 0 Å². The van der Waals surface area contributed by atoms with Crippen molar-refractivity contribution in [3.8, 4) is 0 Å². The number of carbonyl (C=O) groups excluding carboxylic acids is 2. The lowest BCUT2D eigenvalue weighted by molar-refractivity contribution is 0.0600. The molecule has 3 rings (SSSR count). The summed E-state index contributed by atoms with van der Waals surface area (Å²) in [6.07, 6.45) is 1.93. The summed E-state index contributed by atoms with van der Waals surface area (Å²) in [6.45, 7) is 3.72. The van der Waals surface area contributed by atoms with Gasteiger partial charge in [-0.1, -0.05) is 11.3 Å². The topological polar surface area (TPSA) is 98.1 Å². The highest BCUT2D eigenvalue weighted by atomic mass is 35.5. The summed E-state index contributed by atoms with van der Waals surface area (Å²) >= 11 is 0. The number of hydrogen-bond acceptors (Lipinski definition) is 6. The highest BCUT2D eigenvalue weighted by molar-refractivity contribution is 6.04. The van der Waals surface area contributed by atoms with Crippen LogP contribution in [0.5, 0.6) is 0 Å². The fraction of sp³-hybridized carbons (Fsp3) is 0.412. The van der Waals surface area contributed by atoms with E-state index in [9.17, 15) is 9.59 Å². The van der Waals surface area contributed by atoms with Crippen molar-refractivity contribution in [3.05, 3.63) is 41.2 Å². The molecule has 8 nitrogen and oxygen atoms in total. The van der Waals surface area contributed by atoms with Crippen LogP contribution in [0.3, 0.4) is 0 Å². The van der Waals surface area contributed by atoms with Crippen LogP contribution in [0.25, 0.3) is 0 Å². The normalized spacial score (nSPS) is 14.4. The fourth-order valence-corrected chi connectivity index (χ4v) is 2.98. The number of amides is 1. The van der Waals surface area contributed by atoms with Gasteiger partial charge in [0.15, 0.2) is 5.69 Å². The lowest BCUT2D eigenvalue weighted by Crippen LogP contribution is -2.30. The lowest BCUT2D eigenvalue weighted by Gasteiger charge is -2.23.